The maximum absolute atomic E-state index is 5.25. The van der Waals surface area contributed by atoms with Crippen molar-refractivity contribution in [3.8, 4) is 5.75 Å². The molecule has 21 heavy (non-hydrogen) atoms. The Morgan fingerprint density at radius 2 is 1.95 bits per heavy atom. The topological polar surface area (TPSA) is 39.1 Å². The summed E-state index contributed by atoms with van der Waals surface area (Å²) in [6.07, 6.45) is 4.17. The summed E-state index contributed by atoms with van der Waals surface area (Å²) in [5.74, 6) is 0.884. The molecule has 1 heterocycles. The maximum Gasteiger partial charge on any atom is 0.118 e. The Hall–Kier alpha value is -1.81. The summed E-state index contributed by atoms with van der Waals surface area (Å²) in [7, 11) is 3.67. The van der Waals surface area contributed by atoms with E-state index < -0.39 is 0 Å². The zero-order valence-corrected chi connectivity index (χ0v) is 13.4. The third-order valence-corrected chi connectivity index (χ3v) is 3.63. The lowest BCUT2D eigenvalue weighted by Gasteiger charge is -2.19. The summed E-state index contributed by atoms with van der Waals surface area (Å²) in [6.45, 7) is 5.31. The first-order valence-corrected chi connectivity index (χ1v) is 7.59. The lowest BCUT2D eigenvalue weighted by atomic mass is 9.98. The lowest BCUT2D eigenvalue weighted by molar-refractivity contribution is 0.414. The average Bonchev–Trinajstić information content (AvgIpc) is 2.89. The molecule has 2 aromatic rings. The summed E-state index contributed by atoms with van der Waals surface area (Å²) in [4.78, 5) is 0. The molecular weight excluding hydrogens is 262 g/mol. The van der Waals surface area contributed by atoms with Gasteiger partial charge in [0, 0.05) is 18.8 Å². The highest BCUT2D eigenvalue weighted by atomic mass is 16.5. The lowest BCUT2D eigenvalue weighted by Crippen LogP contribution is -2.23. The van der Waals surface area contributed by atoms with Gasteiger partial charge in [0.15, 0.2) is 0 Å². The van der Waals surface area contributed by atoms with E-state index in [0.717, 1.165) is 30.8 Å². The largest absolute Gasteiger partial charge is 0.497 e. The molecule has 0 aliphatic rings. The highest BCUT2D eigenvalue weighted by Gasteiger charge is 2.19. The minimum absolute atomic E-state index is 0.180. The molecule has 0 aliphatic heterocycles. The Balaban J connectivity index is 2.36. The Labute approximate surface area is 127 Å². The van der Waals surface area contributed by atoms with Crippen molar-refractivity contribution in [1.29, 1.82) is 0 Å². The van der Waals surface area contributed by atoms with Crippen LogP contribution in [0, 0.1) is 0 Å². The van der Waals surface area contributed by atoms with E-state index in [2.05, 4.69) is 42.6 Å². The number of hydrogen-bond acceptors (Lipinski definition) is 3. The second-order valence-electron chi connectivity index (χ2n) is 5.22. The van der Waals surface area contributed by atoms with E-state index in [1.807, 2.05) is 23.9 Å². The molecular formula is C17H25N3O. The molecule has 1 N–H and O–H groups in total. The van der Waals surface area contributed by atoms with Crippen molar-refractivity contribution in [3.63, 3.8) is 0 Å². The van der Waals surface area contributed by atoms with E-state index in [9.17, 15) is 0 Å². The molecule has 0 bridgehead atoms. The summed E-state index contributed by atoms with van der Waals surface area (Å²) >= 11 is 0. The SMILES string of the molecule is CCCNC(c1ccc(OC)cc1)c1cn(C)nc1CC. The maximum atomic E-state index is 5.25. The van der Waals surface area contributed by atoms with Gasteiger partial charge in [0.2, 0.25) is 0 Å². The van der Waals surface area contributed by atoms with Gasteiger partial charge >= 0.3 is 0 Å². The van der Waals surface area contributed by atoms with Crippen LogP contribution in [0.5, 0.6) is 5.75 Å². The number of ether oxygens (including phenoxy) is 1. The minimum Gasteiger partial charge on any atom is -0.497 e. The Morgan fingerprint density at radius 3 is 2.52 bits per heavy atom. The predicted octanol–water partition coefficient (Wildman–Crippen LogP) is 3.08. The van der Waals surface area contributed by atoms with Crippen LogP contribution in [-0.4, -0.2) is 23.4 Å². The van der Waals surface area contributed by atoms with Crippen LogP contribution >= 0.6 is 0 Å². The molecule has 4 heteroatoms. The quantitative estimate of drug-likeness (QED) is 0.850. The Morgan fingerprint density at radius 1 is 1.24 bits per heavy atom. The van der Waals surface area contributed by atoms with Crippen molar-refractivity contribution in [2.75, 3.05) is 13.7 Å². The van der Waals surface area contributed by atoms with Crippen molar-refractivity contribution in [2.24, 2.45) is 7.05 Å². The molecule has 0 aliphatic carbocycles. The first kappa shape index (κ1) is 15.6. The third kappa shape index (κ3) is 3.64. The van der Waals surface area contributed by atoms with Gasteiger partial charge in [0.1, 0.15) is 5.75 Å². The number of rotatable bonds is 7. The zero-order chi connectivity index (χ0) is 15.2. The number of aromatic nitrogens is 2. The third-order valence-electron chi connectivity index (χ3n) is 3.63. The average molecular weight is 287 g/mol. The molecule has 0 radical (unpaired) electrons. The van der Waals surface area contributed by atoms with Gasteiger partial charge in [-0.15, -0.1) is 0 Å². The Kier molecular flexibility index (Phi) is 5.39. The summed E-state index contributed by atoms with van der Waals surface area (Å²) < 4.78 is 7.15. The number of aryl methyl sites for hydroxylation is 2. The van der Waals surface area contributed by atoms with Crippen molar-refractivity contribution in [1.82, 2.24) is 15.1 Å². The van der Waals surface area contributed by atoms with Gasteiger partial charge in [-0.3, -0.25) is 4.68 Å². The molecule has 1 unspecified atom stereocenters. The van der Waals surface area contributed by atoms with Gasteiger partial charge in [0.25, 0.3) is 0 Å². The van der Waals surface area contributed by atoms with Gasteiger partial charge in [0.05, 0.1) is 18.8 Å². The van der Waals surface area contributed by atoms with Crippen LogP contribution in [0.15, 0.2) is 30.5 Å². The molecule has 114 valence electrons. The van der Waals surface area contributed by atoms with Gasteiger partial charge in [-0.25, -0.2) is 0 Å². The summed E-state index contributed by atoms with van der Waals surface area (Å²) in [5, 5.41) is 8.20. The van der Waals surface area contributed by atoms with Crippen LogP contribution in [0.2, 0.25) is 0 Å². The fourth-order valence-electron chi connectivity index (χ4n) is 2.56. The molecule has 0 spiro atoms. The molecule has 1 aromatic carbocycles. The first-order chi connectivity index (χ1) is 10.2. The minimum atomic E-state index is 0.180. The molecule has 0 saturated carbocycles. The van der Waals surface area contributed by atoms with E-state index >= 15 is 0 Å². The van der Waals surface area contributed by atoms with E-state index in [1.54, 1.807) is 7.11 Å². The van der Waals surface area contributed by atoms with Crippen molar-refractivity contribution in [3.05, 3.63) is 47.3 Å². The van der Waals surface area contributed by atoms with Crippen molar-refractivity contribution >= 4 is 0 Å². The van der Waals surface area contributed by atoms with E-state index in [1.165, 1.54) is 11.1 Å². The highest BCUT2D eigenvalue weighted by Crippen LogP contribution is 2.26. The van der Waals surface area contributed by atoms with Gasteiger partial charge in [-0.2, -0.15) is 5.10 Å². The molecule has 2 rings (SSSR count). The van der Waals surface area contributed by atoms with Crippen LogP contribution in [0.1, 0.15) is 43.1 Å². The van der Waals surface area contributed by atoms with Crippen LogP contribution in [0.25, 0.3) is 0 Å². The van der Waals surface area contributed by atoms with Gasteiger partial charge in [-0.05, 0) is 37.1 Å². The molecule has 0 fully saturated rings. The second kappa shape index (κ2) is 7.27. The smallest absolute Gasteiger partial charge is 0.118 e. The molecule has 1 atom stereocenters. The molecule has 4 nitrogen and oxygen atoms in total. The van der Waals surface area contributed by atoms with Crippen LogP contribution < -0.4 is 10.1 Å². The van der Waals surface area contributed by atoms with Crippen molar-refractivity contribution < 1.29 is 4.74 Å². The number of nitrogens with zero attached hydrogens (tertiary/aromatic N) is 2. The fourth-order valence-corrected chi connectivity index (χ4v) is 2.56. The van der Waals surface area contributed by atoms with Gasteiger partial charge < -0.3 is 10.1 Å². The highest BCUT2D eigenvalue weighted by molar-refractivity contribution is 5.36. The van der Waals surface area contributed by atoms with Crippen LogP contribution in [-0.2, 0) is 13.5 Å². The summed E-state index contributed by atoms with van der Waals surface area (Å²) in [6, 6.07) is 8.45. The standard InChI is InChI=1S/C17H25N3O/c1-5-11-18-17(13-7-9-14(21-4)10-8-13)15-12-20(3)19-16(15)6-2/h7-10,12,17-18H,5-6,11H2,1-4H3. The number of methoxy groups -OCH3 is 1. The Bertz CT molecular complexity index is 560. The van der Waals surface area contributed by atoms with E-state index in [0.29, 0.717) is 0 Å². The normalized spacial score (nSPS) is 12.4. The molecule has 0 saturated heterocycles. The monoisotopic (exact) mass is 287 g/mol. The molecule has 0 amide bonds. The fraction of sp³-hybridized carbons (Fsp3) is 0.471. The van der Waals surface area contributed by atoms with Crippen LogP contribution in [0.4, 0.5) is 0 Å². The van der Waals surface area contributed by atoms with Gasteiger partial charge in [-0.1, -0.05) is 26.0 Å². The predicted molar refractivity (Wildman–Crippen MR) is 85.7 cm³/mol. The number of nitrogens with one attached hydrogen (secondary N) is 1. The first-order valence-electron chi connectivity index (χ1n) is 7.59. The second-order valence-corrected chi connectivity index (χ2v) is 5.22. The number of benzene rings is 1. The van der Waals surface area contributed by atoms with Crippen molar-refractivity contribution in [2.45, 2.75) is 32.7 Å². The van der Waals surface area contributed by atoms with E-state index in [4.69, 9.17) is 4.74 Å². The summed E-state index contributed by atoms with van der Waals surface area (Å²) in [5.41, 5.74) is 3.66. The van der Waals surface area contributed by atoms with E-state index in [-0.39, 0.29) is 6.04 Å². The zero-order valence-electron chi connectivity index (χ0n) is 13.4. The number of hydrogen-bond donors (Lipinski definition) is 1. The molecule has 1 aromatic heterocycles. The van der Waals surface area contributed by atoms with Crippen LogP contribution in [0.3, 0.4) is 0 Å².